The van der Waals surface area contributed by atoms with Crippen LogP contribution in [0.15, 0.2) is 48.5 Å². The number of hydrogen-bond acceptors (Lipinski definition) is 1. The van der Waals surface area contributed by atoms with Gasteiger partial charge in [0.15, 0.2) is 5.11 Å². The van der Waals surface area contributed by atoms with Gasteiger partial charge in [-0.3, -0.25) is 0 Å². The summed E-state index contributed by atoms with van der Waals surface area (Å²) in [5.74, 6) is 0. The molecule has 2 nitrogen and oxygen atoms in total. The fraction of sp³-hybridized carbons (Fsp3) is 0.133. The largest absolute Gasteiger partial charge is 0.332 e. The Labute approximate surface area is 175 Å². The highest BCUT2D eigenvalue weighted by molar-refractivity contribution is 7.80. The van der Waals surface area contributed by atoms with Gasteiger partial charge in [0.25, 0.3) is 0 Å². The topological polar surface area (TPSA) is 24.1 Å². The molecule has 0 amide bonds. The minimum Gasteiger partial charge on any atom is -0.332 e. The first kappa shape index (κ1) is 20.2. The van der Waals surface area contributed by atoms with Gasteiger partial charge in [-0.15, -0.1) is 0 Å². The van der Waals surface area contributed by atoms with Crippen molar-refractivity contribution in [3.8, 4) is 0 Å². The second-order valence-electron chi connectivity index (χ2n) is 4.73. The number of halogens is 6. The van der Waals surface area contributed by atoms with Crippen molar-refractivity contribution in [2.45, 2.75) is 7.59 Å². The quantitative estimate of drug-likeness (QED) is 0.366. The highest BCUT2D eigenvalue weighted by atomic mass is 35.6. The van der Waals surface area contributed by atoms with Crippen LogP contribution in [0.3, 0.4) is 0 Å². The molecule has 0 heterocycles. The molecule has 0 unspecified atom stereocenters. The second kappa shape index (κ2) is 8.05. The van der Waals surface area contributed by atoms with Crippen molar-refractivity contribution in [1.29, 1.82) is 0 Å². The van der Waals surface area contributed by atoms with Crippen molar-refractivity contribution in [2.75, 3.05) is 10.6 Å². The smallest absolute Gasteiger partial charge is 0.216 e. The van der Waals surface area contributed by atoms with Crippen LogP contribution in [0.25, 0.3) is 0 Å². The van der Waals surface area contributed by atoms with Crippen LogP contribution in [0.4, 0.5) is 11.4 Å². The first-order chi connectivity index (χ1) is 11.1. The maximum atomic E-state index is 5.81. The van der Waals surface area contributed by atoms with E-state index in [9.17, 15) is 0 Å². The lowest BCUT2D eigenvalue weighted by Crippen LogP contribution is -2.19. The summed E-state index contributed by atoms with van der Waals surface area (Å²) < 4.78 is -2.91. The Morgan fingerprint density at radius 3 is 1.17 bits per heavy atom. The Morgan fingerprint density at radius 1 is 0.625 bits per heavy atom. The van der Waals surface area contributed by atoms with Crippen LogP contribution in [-0.4, -0.2) is 5.11 Å². The van der Waals surface area contributed by atoms with Crippen molar-refractivity contribution in [3.63, 3.8) is 0 Å². The maximum Gasteiger partial charge on any atom is 0.216 e. The van der Waals surface area contributed by atoms with Crippen LogP contribution in [0, 0.1) is 0 Å². The Morgan fingerprint density at radius 2 is 0.917 bits per heavy atom. The van der Waals surface area contributed by atoms with E-state index in [1.807, 2.05) is 0 Å². The average molecular weight is 463 g/mol. The summed E-state index contributed by atoms with van der Waals surface area (Å²) >= 11 is 40.1. The molecule has 0 aromatic heterocycles. The van der Waals surface area contributed by atoms with Crippen LogP contribution in [0.1, 0.15) is 11.1 Å². The lowest BCUT2D eigenvalue weighted by atomic mass is 10.2. The summed E-state index contributed by atoms with van der Waals surface area (Å²) in [5.41, 5.74) is 2.64. The molecule has 0 aliphatic carbocycles. The zero-order chi connectivity index (χ0) is 18.0. The molecule has 0 atom stereocenters. The molecule has 0 bridgehead atoms. The number of thiocarbonyl (C=S) groups is 1. The van der Waals surface area contributed by atoms with E-state index in [0.29, 0.717) is 16.2 Å². The van der Waals surface area contributed by atoms with Crippen LogP contribution < -0.4 is 10.6 Å². The Bertz CT molecular complexity index is 643. The van der Waals surface area contributed by atoms with Crippen molar-refractivity contribution in [2.24, 2.45) is 0 Å². The monoisotopic (exact) mass is 460 g/mol. The van der Waals surface area contributed by atoms with Crippen molar-refractivity contribution in [1.82, 2.24) is 0 Å². The number of rotatable bonds is 2. The van der Waals surface area contributed by atoms with E-state index in [2.05, 4.69) is 10.6 Å². The van der Waals surface area contributed by atoms with Crippen LogP contribution in [0.5, 0.6) is 0 Å². The second-order valence-corrected chi connectivity index (χ2v) is 9.70. The van der Waals surface area contributed by atoms with E-state index in [0.717, 1.165) is 11.4 Å². The van der Waals surface area contributed by atoms with Gasteiger partial charge in [0, 0.05) is 22.5 Å². The fourth-order valence-corrected chi connectivity index (χ4v) is 2.77. The third kappa shape index (κ3) is 5.99. The molecule has 128 valence electrons. The van der Waals surface area contributed by atoms with E-state index < -0.39 is 7.59 Å². The molecule has 2 N–H and O–H groups in total. The van der Waals surface area contributed by atoms with E-state index in [1.54, 1.807) is 48.5 Å². The first-order valence-corrected chi connectivity index (χ1v) is 9.16. The molecule has 24 heavy (non-hydrogen) atoms. The van der Waals surface area contributed by atoms with Crippen molar-refractivity contribution < 1.29 is 0 Å². The molecule has 0 fully saturated rings. The summed E-state index contributed by atoms with van der Waals surface area (Å²) in [5, 5.41) is 6.45. The van der Waals surface area contributed by atoms with E-state index in [1.165, 1.54) is 0 Å². The number of alkyl halides is 6. The first-order valence-electron chi connectivity index (χ1n) is 6.48. The molecule has 0 aliphatic rings. The standard InChI is InChI=1S/C15H10Cl6N2S/c16-14(17,18)9-1-5-11(6-2-9)22-13(24)23-12-7-3-10(4-8-12)15(19,20)21/h1-8H,(H2,22,23,24). The molecule has 2 rings (SSSR count). The molecular formula is C15H10Cl6N2S. The molecule has 0 saturated carbocycles. The van der Waals surface area contributed by atoms with E-state index >= 15 is 0 Å². The Kier molecular flexibility index (Phi) is 6.77. The molecule has 9 heteroatoms. The minimum atomic E-state index is -1.46. The predicted molar refractivity (Wildman–Crippen MR) is 111 cm³/mol. The number of benzene rings is 2. The zero-order valence-electron chi connectivity index (χ0n) is 11.8. The molecule has 0 saturated heterocycles. The summed E-state index contributed by atoms with van der Waals surface area (Å²) in [6, 6.07) is 13.9. The average Bonchev–Trinajstić information content (AvgIpc) is 2.46. The molecule has 0 spiro atoms. The van der Waals surface area contributed by atoms with Crippen molar-refractivity contribution in [3.05, 3.63) is 59.7 Å². The van der Waals surface area contributed by atoms with Gasteiger partial charge in [-0.2, -0.15) is 0 Å². The predicted octanol–water partition coefficient (Wildman–Crippen LogP) is 7.15. The summed E-state index contributed by atoms with van der Waals surface area (Å²) in [4.78, 5) is 0. The van der Waals surface area contributed by atoms with E-state index in [4.69, 9.17) is 81.8 Å². The van der Waals surface area contributed by atoms with Gasteiger partial charge >= 0.3 is 0 Å². The zero-order valence-corrected chi connectivity index (χ0v) is 17.1. The Hall–Kier alpha value is -0.130. The van der Waals surface area contributed by atoms with Crippen LogP contribution in [-0.2, 0) is 7.59 Å². The maximum absolute atomic E-state index is 5.81. The van der Waals surface area contributed by atoms with Crippen LogP contribution in [0.2, 0.25) is 0 Å². The van der Waals surface area contributed by atoms with Gasteiger partial charge in [-0.1, -0.05) is 93.9 Å². The molecular weight excluding hydrogens is 453 g/mol. The third-order valence-electron chi connectivity index (χ3n) is 2.94. The highest BCUT2D eigenvalue weighted by Gasteiger charge is 2.23. The summed E-state index contributed by atoms with van der Waals surface area (Å²) in [6.45, 7) is 0. The van der Waals surface area contributed by atoms with E-state index in [-0.39, 0.29) is 0 Å². The highest BCUT2D eigenvalue weighted by Crippen LogP contribution is 2.39. The van der Waals surface area contributed by atoms with Gasteiger partial charge in [0.05, 0.1) is 0 Å². The molecule has 0 aliphatic heterocycles. The molecule has 0 radical (unpaired) electrons. The van der Waals surface area contributed by atoms with Gasteiger partial charge in [0.2, 0.25) is 7.59 Å². The van der Waals surface area contributed by atoms with Crippen molar-refractivity contribution >= 4 is 98.3 Å². The lowest BCUT2D eigenvalue weighted by molar-refractivity contribution is 1.24. The van der Waals surface area contributed by atoms with Crippen LogP contribution >= 0.6 is 81.8 Å². The van der Waals surface area contributed by atoms with Gasteiger partial charge in [0.1, 0.15) is 0 Å². The summed E-state index contributed by atoms with van der Waals surface area (Å²) in [7, 11) is 0. The summed E-state index contributed by atoms with van der Waals surface area (Å²) in [6.07, 6.45) is 0. The van der Waals surface area contributed by atoms with Gasteiger partial charge in [-0.25, -0.2) is 0 Å². The molecule has 2 aromatic carbocycles. The van der Waals surface area contributed by atoms with Gasteiger partial charge < -0.3 is 10.6 Å². The lowest BCUT2D eigenvalue weighted by Gasteiger charge is -2.15. The normalized spacial score (nSPS) is 11.9. The SMILES string of the molecule is S=C(Nc1ccc(C(Cl)(Cl)Cl)cc1)Nc1ccc(C(Cl)(Cl)Cl)cc1. The minimum absolute atomic E-state index is 0.401. The molecule has 2 aromatic rings. The number of nitrogens with one attached hydrogen (secondary N) is 2. The third-order valence-corrected chi connectivity index (χ3v) is 4.45. The van der Waals surface area contributed by atoms with Gasteiger partial charge in [-0.05, 0) is 36.5 Å². The Balaban J connectivity index is 1.98. The number of anilines is 2. The number of hydrogen-bond donors (Lipinski definition) is 2. The fourth-order valence-electron chi connectivity index (χ4n) is 1.78.